The number of hydrogen-bond donors (Lipinski definition) is 1. The van der Waals surface area contributed by atoms with E-state index in [1.807, 2.05) is 0 Å². The van der Waals surface area contributed by atoms with Gasteiger partial charge in [-0.3, -0.25) is 0 Å². The van der Waals surface area contributed by atoms with Crippen molar-refractivity contribution in [2.45, 2.75) is 51.5 Å². The Morgan fingerprint density at radius 1 is 1.08 bits per heavy atom. The van der Waals surface area contributed by atoms with Crippen molar-refractivity contribution in [1.29, 1.82) is 0 Å². The summed E-state index contributed by atoms with van der Waals surface area (Å²) in [6.07, 6.45) is 8.93. The third-order valence-corrected chi connectivity index (χ3v) is 3.65. The highest BCUT2D eigenvalue weighted by Crippen LogP contribution is 2.34. The van der Waals surface area contributed by atoms with Gasteiger partial charge in [-0.05, 0) is 44.6 Å². The van der Waals surface area contributed by atoms with Crippen molar-refractivity contribution < 1.29 is 0 Å². The van der Waals surface area contributed by atoms with Crippen LogP contribution in [0.4, 0.5) is 0 Å². The molecule has 1 saturated carbocycles. The lowest BCUT2D eigenvalue weighted by molar-refractivity contribution is 0.211. The van der Waals surface area contributed by atoms with E-state index in [1.54, 1.807) is 0 Å². The summed E-state index contributed by atoms with van der Waals surface area (Å²) in [6.45, 7) is 3.59. The van der Waals surface area contributed by atoms with E-state index in [0.29, 0.717) is 0 Å². The van der Waals surface area contributed by atoms with Gasteiger partial charge in [0.2, 0.25) is 0 Å². The normalized spacial score (nSPS) is 37.8. The second-order valence-corrected chi connectivity index (χ2v) is 4.79. The Morgan fingerprint density at radius 3 is 2.42 bits per heavy atom. The lowest BCUT2D eigenvalue weighted by Crippen LogP contribution is -2.38. The van der Waals surface area contributed by atoms with Crippen LogP contribution in [0.2, 0.25) is 0 Å². The fourth-order valence-corrected chi connectivity index (χ4v) is 2.46. The minimum Gasteiger partial charge on any atom is -0.314 e. The summed E-state index contributed by atoms with van der Waals surface area (Å²) in [5.74, 6) is 2.11. The van der Waals surface area contributed by atoms with Gasteiger partial charge in [-0.1, -0.05) is 19.3 Å². The first-order valence-electron chi connectivity index (χ1n) is 5.58. The maximum Gasteiger partial charge on any atom is 0.00389 e. The summed E-state index contributed by atoms with van der Waals surface area (Å²) < 4.78 is 0. The molecule has 1 heteroatoms. The van der Waals surface area contributed by atoms with Crippen molar-refractivity contribution in [2.24, 2.45) is 11.8 Å². The van der Waals surface area contributed by atoms with Crippen molar-refractivity contribution >= 4 is 0 Å². The lowest BCUT2D eigenvalue weighted by atomic mass is 9.77. The van der Waals surface area contributed by atoms with Crippen LogP contribution in [0.15, 0.2) is 0 Å². The molecular formula is C11H21N. The van der Waals surface area contributed by atoms with Crippen LogP contribution in [0.1, 0.15) is 45.4 Å². The number of nitrogens with one attached hydrogen (secondary N) is 1. The van der Waals surface area contributed by atoms with Crippen molar-refractivity contribution in [3.05, 3.63) is 0 Å². The van der Waals surface area contributed by atoms with Gasteiger partial charge in [-0.2, -0.15) is 0 Å². The maximum atomic E-state index is 3.59. The summed E-state index contributed by atoms with van der Waals surface area (Å²) in [5, 5.41) is 3.59. The molecule has 0 amide bonds. The number of rotatable bonds is 2. The molecule has 2 aliphatic rings. The maximum absolute atomic E-state index is 3.59. The zero-order valence-electron chi connectivity index (χ0n) is 8.18. The first kappa shape index (κ1) is 8.55. The molecule has 0 aromatic rings. The molecule has 2 fully saturated rings. The van der Waals surface area contributed by atoms with Crippen LogP contribution in [0.25, 0.3) is 0 Å². The van der Waals surface area contributed by atoms with Gasteiger partial charge in [0.1, 0.15) is 0 Å². The standard InChI is InChI=1S/C11H21N/c1-9-5-6-11(8-12-9)7-10-3-2-4-10/h9-12H,2-8H2,1H3. The van der Waals surface area contributed by atoms with Crippen LogP contribution in [-0.2, 0) is 0 Å². The van der Waals surface area contributed by atoms with E-state index < -0.39 is 0 Å². The fraction of sp³-hybridized carbons (Fsp3) is 1.00. The van der Waals surface area contributed by atoms with Gasteiger partial charge in [-0.25, -0.2) is 0 Å². The predicted octanol–water partition coefficient (Wildman–Crippen LogP) is 2.56. The van der Waals surface area contributed by atoms with Gasteiger partial charge in [0, 0.05) is 6.04 Å². The molecule has 70 valence electrons. The van der Waals surface area contributed by atoms with E-state index in [9.17, 15) is 0 Å². The van der Waals surface area contributed by atoms with E-state index in [-0.39, 0.29) is 0 Å². The van der Waals surface area contributed by atoms with E-state index in [4.69, 9.17) is 0 Å². The predicted molar refractivity (Wildman–Crippen MR) is 52.1 cm³/mol. The highest BCUT2D eigenvalue weighted by atomic mass is 14.9. The molecule has 0 bridgehead atoms. The van der Waals surface area contributed by atoms with Crippen molar-refractivity contribution in [1.82, 2.24) is 5.32 Å². The number of hydrogen-bond acceptors (Lipinski definition) is 1. The molecule has 1 aliphatic carbocycles. The largest absolute Gasteiger partial charge is 0.314 e. The molecule has 2 atom stereocenters. The Bertz CT molecular complexity index is 132. The lowest BCUT2D eigenvalue weighted by Gasteiger charge is -2.33. The Morgan fingerprint density at radius 2 is 1.92 bits per heavy atom. The molecule has 1 heterocycles. The van der Waals surface area contributed by atoms with Gasteiger partial charge < -0.3 is 5.32 Å². The molecule has 1 aliphatic heterocycles. The summed E-state index contributed by atoms with van der Waals surface area (Å²) in [6, 6.07) is 0.780. The summed E-state index contributed by atoms with van der Waals surface area (Å²) >= 11 is 0. The molecule has 0 spiro atoms. The zero-order chi connectivity index (χ0) is 8.39. The monoisotopic (exact) mass is 167 g/mol. The molecule has 2 unspecified atom stereocenters. The first-order valence-corrected chi connectivity index (χ1v) is 5.58. The second kappa shape index (κ2) is 3.78. The highest BCUT2D eigenvalue weighted by molar-refractivity contribution is 4.79. The Labute approximate surface area is 75.9 Å². The third-order valence-electron chi connectivity index (χ3n) is 3.65. The Kier molecular flexibility index (Phi) is 2.69. The van der Waals surface area contributed by atoms with Crippen LogP contribution in [0, 0.1) is 11.8 Å². The van der Waals surface area contributed by atoms with Gasteiger partial charge in [0.05, 0.1) is 0 Å². The fourth-order valence-electron chi connectivity index (χ4n) is 2.46. The minimum absolute atomic E-state index is 0.780. The Hall–Kier alpha value is -0.0400. The molecule has 12 heavy (non-hydrogen) atoms. The number of piperidine rings is 1. The highest BCUT2D eigenvalue weighted by Gasteiger charge is 2.24. The summed E-state index contributed by atoms with van der Waals surface area (Å²) in [5.41, 5.74) is 0. The van der Waals surface area contributed by atoms with Crippen molar-refractivity contribution in [3.8, 4) is 0 Å². The average Bonchev–Trinajstić information content (AvgIpc) is 2.00. The topological polar surface area (TPSA) is 12.0 Å². The van der Waals surface area contributed by atoms with E-state index in [0.717, 1.165) is 17.9 Å². The molecule has 1 nitrogen and oxygen atoms in total. The van der Waals surface area contributed by atoms with Crippen LogP contribution < -0.4 is 5.32 Å². The zero-order valence-corrected chi connectivity index (χ0v) is 8.18. The van der Waals surface area contributed by atoms with Crippen molar-refractivity contribution in [3.63, 3.8) is 0 Å². The van der Waals surface area contributed by atoms with Gasteiger partial charge >= 0.3 is 0 Å². The van der Waals surface area contributed by atoms with E-state index in [2.05, 4.69) is 12.2 Å². The first-order chi connectivity index (χ1) is 5.84. The molecule has 2 rings (SSSR count). The summed E-state index contributed by atoms with van der Waals surface area (Å²) in [7, 11) is 0. The SMILES string of the molecule is CC1CCC(CC2CCC2)CN1. The van der Waals surface area contributed by atoms with Crippen LogP contribution >= 0.6 is 0 Å². The molecule has 0 radical (unpaired) electrons. The van der Waals surface area contributed by atoms with Crippen LogP contribution in [0.3, 0.4) is 0 Å². The second-order valence-electron chi connectivity index (χ2n) is 4.79. The minimum atomic E-state index is 0.780. The Balaban J connectivity index is 1.67. The summed E-state index contributed by atoms with van der Waals surface area (Å²) in [4.78, 5) is 0. The van der Waals surface area contributed by atoms with E-state index >= 15 is 0 Å². The molecule has 1 saturated heterocycles. The molecule has 1 N–H and O–H groups in total. The molecular weight excluding hydrogens is 146 g/mol. The quantitative estimate of drug-likeness (QED) is 0.666. The molecule has 0 aromatic carbocycles. The average molecular weight is 167 g/mol. The van der Waals surface area contributed by atoms with Gasteiger partial charge in [0.15, 0.2) is 0 Å². The van der Waals surface area contributed by atoms with Crippen LogP contribution in [0.5, 0.6) is 0 Å². The van der Waals surface area contributed by atoms with E-state index in [1.165, 1.54) is 45.1 Å². The van der Waals surface area contributed by atoms with Crippen molar-refractivity contribution in [2.75, 3.05) is 6.54 Å². The smallest absolute Gasteiger partial charge is 0.00389 e. The molecule has 0 aromatic heterocycles. The van der Waals surface area contributed by atoms with Crippen LogP contribution in [-0.4, -0.2) is 12.6 Å². The van der Waals surface area contributed by atoms with Gasteiger partial charge in [0.25, 0.3) is 0 Å². The van der Waals surface area contributed by atoms with Gasteiger partial charge in [-0.15, -0.1) is 0 Å². The third kappa shape index (κ3) is 2.01.